The predicted molar refractivity (Wildman–Crippen MR) is 141 cm³/mol. The first-order valence-electron chi connectivity index (χ1n) is 9.75. The van der Waals surface area contributed by atoms with Crippen molar-refractivity contribution < 1.29 is 14.4 Å². The van der Waals surface area contributed by atoms with E-state index in [4.69, 9.17) is 10.0 Å². The molecule has 0 N–H and O–H groups in total. The average Bonchev–Trinajstić information content (AvgIpc) is 2.64. The zero-order valence-electron chi connectivity index (χ0n) is 18.6. The highest BCUT2D eigenvalue weighted by atomic mass is 31.2. The van der Waals surface area contributed by atoms with Crippen molar-refractivity contribution in [3.05, 3.63) is 101 Å². The molecule has 0 aliphatic carbocycles. The standard InChI is InChI=1S/2C12H20P.BFO2/c2*1-5-9-13(10-6-2,11-7-3)12-8-4;2-1(3)4/h2*5-8H,1-4,9-12H2;/q2*+1;-2. The molecule has 30 heavy (non-hydrogen) atoms. The van der Waals surface area contributed by atoms with Crippen LogP contribution in [0.2, 0.25) is 0 Å². The summed E-state index contributed by atoms with van der Waals surface area (Å²) in [6, 6.07) is 0. The summed E-state index contributed by atoms with van der Waals surface area (Å²) in [6.45, 7) is 30.5. The van der Waals surface area contributed by atoms with Crippen LogP contribution in [0.1, 0.15) is 0 Å². The van der Waals surface area contributed by atoms with Crippen molar-refractivity contribution in [2.24, 2.45) is 0 Å². The van der Waals surface area contributed by atoms with Gasteiger partial charge in [0.25, 0.3) is 0 Å². The monoisotopic (exact) mass is 452 g/mol. The lowest BCUT2D eigenvalue weighted by atomic mass is 10.3. The SMILES string of the molecule is C=CC[P+](CC=C)(CC=C)CC=C.C=CC[P+](CC=C)(CC=C)CC=C.[O-]B([O-])F. The first kappa shape index (κ1) is 33.3. The smallest absolute Gasteiger partial charge is 0.121 e. The summed E-state index contributed by atoms with van der Waals surface area (Å²) in [7, 11) is -5.10. The third kappa shape index (κ3) is 18.7. The van der Waals surface area contributed by atoms with E-state index in [2.05, 4.69) is 52.6 Å². The van der Waals surface area contributed by atoms with Gasteiger partial charge in [-0.25, -0.2) is 0 Å². The largest absolute Gasteiger partial charge is 0.867 e. The highest BCUT2D eigenvalue weighted by molar-refractivity contribution is 7.76. The molecule has 0 unspecified atom stereocenters. The molecule has 2 nitrogen and oxygen atoms in total. The first-order valence-corrected chi connectivity index (χ1v) is 14.8. The molecule has 0 bridgehead atoms. The van der Waals surface area contributed by atoms with Gasteiger partial charge in [0.2, 0.25) is 0 Å². The van der Waals surface area contributed by atoms with Gasteiger partial charge < -0.3 is 14.4 Å². The minimum atomic E-state index is -3.17. The zero-order chi connectivity index (χ0) is 23.9. The molecule has 0 aromatic carbocycles. The Morgan fingerprint density at radius 1 is 0.467 bits per heavy atom. The summed E-state index contributed by atoms with van der Waals surface area (Å²) in [5.74, 6) is 0. The van der Waals surface area contributed by atoms with Gasteiger partial charge in [-0.05, 0) is 0 Å². The molecule has 0 fully saturated rings. The summed E-state index contributed by atoms with van der Waals surface area (Å²) in [6.07, 6.45) is 25.0. The Bertz CT molecular complexity index is 396. The Morgan fingerprint density at radius 2 is 0.567 bits per heavy atom. The molecular weight excluding hydrogens is 412 g/mol. The number of rotatable bonds is 16. The van der Waals surface area contributed by atoms with Crippen LogP contribution in [0.5, 0.6) is 0 Å². The van der Waals surface area contributed by atoms with E-state index in [-0.39, 0.29) is 0 Å². The van der Waals surface area contributed by atoms with Crippen LogP contribution in [0.4, 0.5) is 4.32 Å². The van der Waals surface area contributed by atoms with Crippen LogP contribution in [-0.4, -0.2) is 56.7 Å². The molecule has 0 aliphatic rings. The lowest BCUT2D eigenvalue weighted by Crippen LogP contribution is -2.39. The van der Waals surface area contributed by atoms with E-state index in [0.717, 1.165) is 49.3 Å². The van der Waals surface area contributed by atoms with Gasteiger partial charge in [-0.1, -0.05) is 101 Å². The Kier molecular flexibility index (Phi) is 24.9. The van der Waals surface area contributed by atoms with Gasteiger partial charge in [0.15, 0.2) is 0 Å². The third-order valence-corrected chi connectivity index (χ3v) is 12.4. The van der Waals surface area contributed by atoms with Crippen molar-refractivity contribution in [3.8, 4) is 0 Å². The van der Waals surface area contributed by atoms with Crippen LogP contribution in [0.3, 0.4) is 0 Å². The fourth-order valence-corrected chi connectivity index (χ4v) is 9.26. The highest BCUT2D eigenvalue weighted by Gasteiger charge is 2.32. The van der Waals surface area contributed by atoms with Crippen LogP contribution < -0.4 is 10.0 Å². The molecule has 0 amide bonds. The minimum absolute atomic E-state index is 0.968. The maximum Gasteiger partial charge on any atom is 0.121 e. The van der Waals surface area contributed by atoms with Gasteiger partial charge in [0.1, 0.15) is 7.40 Å². The molecule has 0 rings (SSSR count). The van der Waals surface area contributed by atoms with Crippen LogP contribution >= 0.6 is 14.5 Å². The van der Waals surface area contributed by atoms with Crippen molar-refractivity contribution in [1.29, 1.82) is 0 Å². The fraction of sp³-hybridized carbons (Fsp3) is 0.333. The molecule has 0 heterocycles. The van der Waals surface area contributed by atoms with E-state index in [1.165, 1.54) is 0 Å². The van der Waals surface area contributed by atoms with E-state index in [0.29, 0.717) is 0 Å². The second kappa shape index (κ2) is 22.4. The minimum Gasteiger partial charge on any atom is -0.867 e. The maximum atomic E-state index is 9.89. The second-order valence-corrected chi connectivity index (χ2v) is 15.0. The van der Waals surface area contributed by atoms with Crippen LogP contribution in [0.25, 0.3) is 0 Å². The topological polar surface area (TPSA) is 46.1 Å². The molecule has 0 spiro atoms. The molecule has 0 radical (unpaired) electrons. The summed E-state index contributed by atoms with van der Waals surface area (Å²) in [5, 5.41) is 16.6. The molecule has 6 heteroatoms. The number of allylic oxidation sites excluding steroid dienone is 8. The van der Waals surface area contributed by atoms with Gasteiger partial charge in [-0.15, -0.1) is 0 Å². The lowest BCUT2D eigenvalue weighted by molar-refractivity contribution is -0.366. The van der Waals surface area contributed by atoms with Gasteiger partial charge >= 0.3 is 0 Å². The first-order chi connectivity index (χ1) is 14.2. The molecule has 0 aliphatic heterocycles. The van der Waals surface area contributed by atoms with Crippen molar-refractivity contribution in [2.45, 2.75) is 0 Å². The van der Waals surface area contributed by atoms with E-state index < -0.39 is 21.9 Å². The average molecular weight is 452 g/mol. The molecular formula is C24H40BFO2P2. The summed E-state index contributed by atoms with van der Waals surface area (Å²) in [5.41, 5.74) is 0. The highest BCUT2D eigenvalue weighted by Crippen LogP contribution is 2.59. The van der Waals surface area contributed by atoms with Crippen LogP contribution in [0, 0.1) is 0 Å². The molecule has 0 saturated carbocycles. The normalized spacial score (nSPS) is 9.97. The number of hydrogen-bond donors (Lipinski definition) is 0. The van der Waals surface area contributed by atoms with Crippen LogP contribution in [0.15, 0.2) is 101 Å². The van der Waals surface area contributed by atoms with Crippen LogP contribution in [-0.2, 0) is 0 Å². The van der Waals surface area contributed by atoms with Gasteiger partial charge in [0, 0.05) is 14.5 Å². The summed E-state index contributed by atoms with van der Waals surface area (Å²) < 4.78 is 9.89. The molecule has 0 aromatic rings. The molecule has 168 valence electrons. The predicted octanol–water partition coefficient (Wildman–Crippen LogP) is 5.16. The Labute approximate surface area is 186 Å². The van der Waals surface area contributed by atoms with E-state index in [1.807, 2.05) is 48.6 Å². The number of halogens is 1. The molecule has 0 aromatic heterocycles. The fourth-order valence-electron chi connectivity index (χ4n) is 3.09. The molecule has 0 atom stereocenters. The van der Waals surface area contributed by atoms with E-state index >= 15 is 0 Å². The van der Waals surface area contributed by atoms with E-state index in [9.17, 15) is 4.32 Å². The van der Waals surface area contributed by atoms with Crippen molar-refractivity contribution in [2.75, 3.05) is 49.3 Å². The number of hydrogen-bond acceptors (Lipinski definition) is 2. The van der Waals surface area contributed by atoms with Crippen molar-refractivity contribution in [1.82, 2.24) is 0 Å². The zero-order valence-corrected chi connectivity index (χ0v) is 20.4. The molecule has 0 saturated heterocycles. The Hall–Kier alpha value is -1.31. The van der Waals surface area contributed by atoms with Gasteiger partial charge in [-0.2, -0.15) is 0 Å². The van der Waals surface area contributed by atoms with Crippen molar-refractivity contribution >= 4 is 21.9 Å². The third-order valence-electron chi connectivity index (χ3n) is 4.13. The quantitative estimate of drug-likeness (QED) is 0.185. The van der Waals surface area contributed by atoms with E-state index in [1.54, 1.807) is 0 Å². The Morgan fingerprint density at radius 3 is 0.633 bits per heavy atom. The summed E-state index contributed by atoms with van der Waals surface area (Å²) in [4.78, 5) is 0. The summed E-state index contributed by atoms with van der Waals surface area (Å²) >= 11 is 0. The lowest BCUT2D eigenvalue weighted by Gasteiger charge is -2.22. The van der Waals surface area contributed by atoms with Crippen molar-refractivity contribution in [3.63, 3.8) is 0 Å². The maximum absolute atomic E-state index is 9.89. The van der Waals surface area contributed by atoms with Gasteiger partial charge in [-0.3, -0.25) is 0 Å². The second-order valence-electron chi connectivity index (χ2n) is 6.73. The van der Waals surface area contributed by atoms with Gasteiger partial charge in [0.05, 0.1) is 49.3 Å². The Balaban J connectivity index is -0.000000412.